The van der Waals surface area contributed by atoms with Gasteiger partial charge in [0.1, 0.15) is 5.82 Å². The average Bonchev–Trinajstić information content (AvgIpc) is 3.57. The molecule has 0 aliphatic carbocycles. The highest BCUT2D eigenvalue weighted by Gasteiger charge is 2.26. The van der Waals surface area contributed by atoms with Gasteiger partial charge in [0.2, 0.25) is 6.79 Å². The number of benzene rings is 2. The first-order valence-corrected chi connectivity index (χ1v) is 12.7. The second kappa shape index (κ2) is 12.0. The summed E-state index contributed by atoms with van der Waals surface area (Å²) in [6, 6.07) is 15.7. The van der Waals surface area contributed by atoms with Crippen LogP contribution in [0.1, 0.15) is 61.7 Å². The number of hydrogen-bond donors (Lipinski definition) is 2. The fourth-order valence-electron chi connectivity index (χ4n) is 4.09. The minimum Gasteiger partial charge on any atom is -0.427 e. The number of aromatic amines is 1. The van der Waals surface area contributed by atoms with Gasteiger partial charge in [0, 0.05) is 18.5 Å². The summed E-state index contributed by atoms with van der Waals surface area (Å²) in [5, 5.41) is 24.1. The lowest BCUT2D eigenvalue weighted by Gasteiger charge is -2.17. The zero-order chi connectivity index (χ0) is 28.0. The summed E-state index contributed by atoms with van der Waals surface area (Å²) in [7, 11) is 0. The lowest BCUT2D eigenvalue weighted by molar-refractivity contribution is -0.161. The minimum absolute atomic E-state index is 0.139. The number of nitrogens with one attached hydrogen (secondary N) is 1. The highest BCUT2D eigenvalue weighted by Crippen LogP contribution is 2.30. The van der Waals surface area contributed by atoms with Crippen LogP contribution in [-0.2, 0) is 33.8 Å². The number of esters is 2. The van der Waals surface area contributed by atoms with Crippen molar-refractivity contribution < 1.29 is 24.2 Å². The van der Waals surface area contributed by atoms with Crippen molar-refractivity contribution in [2.45, 2.75) is 53.7 Å². The number of carbonyl (C=O) groups is 2. The fraction of sp³-hybridized carbons (Fsp3) is 0.357. The Bertz CT molecular complexity index is 1420. The molecule has 0 saturated carbocycles. The zero-order valence-corrected chi connectivity index (χ0v) is 22.5. The summed E-state index contributed by atoms with van der Waals surface area (Å²) in [5.41, 5.74) is 3.37. The van der Waals surface area contributed by atoms with Crippen LogP contribution in [-0.4, -0.2) is 54.0 Å². The number of carbonyl (C=O) groups excluding carboxylic acids is 2. The van der Waals surface area contributed by atoms with Gasteiger partial charge in [-0.25, -0.2) is 14.9 Å². The number of nitrogens with zero attached hydrogens (tertiary/aromatic N) is 5. The Morgan fingerprint density at radius 3 is 2.36 bits per heavy atom. The van der Waals surface area contributed by atoms with Crippen molar-refractivity contribution in [3.63, 3.8) is 0 Å². The van der Waals surface area contributed by atoms with Gasteiger partial charge in [-0.2, -0.15) is 0 Å². The molecule has 0 radical (unpaired) electrons. The van der Waals surface area contributed by atoms with E-state index in [4.69, 9.17) is 9.47 Å². The Morgan fingerprint density at radius 1 is 1.03 bits per heavy atom. The van der Waals surface area contributed by atoms with Crippen molar-refractivity contribution in [1.29, 1.82) is 0 Å². The van der Waals surface area contributed by atoms with Gasteiger partial charge in [0.05, 0.1) is 17.7 Å². The minimum atomic E-state index is -0.725. The molecule has 0 saturated heterocycles. The second-order valence-electron chi connectivity index (χ2n) is 10.0. The number of aryl methyl sites for hydroxylation is 1. The maximum absolute atomic E-state index is 13.1. The molecule has 204 valence electrons. The van der Waals surface area contributed by atoms with E-state index in [0.29, 0.717) is 24.6 Å². The van der Waals surface area contributed by atoms with Crippen LogP contribution in [0, 0.1) is 5.41 Å². The number of H-pyrrole nitrogens is 1. The van der Waals surface area contributed by atoms with Gasteiger partial charge in [0.25, 0.3) is 0 Å². The highest BCUT2D eigenvalue weighted by molar-refractivity contribution is 5.89. The third-order valence-corrected chi connectivity index (χ3v) is 6.06. The maximum Gasteiger partial charge on any atom is 0.359 e. The van der Waals surface area contributed by atoms with E-state index in [1.54, 1.807) is 25.3 Å². The van der Waals surface area contributed by atoms with E-state index < -0.39 is 30.8 Å². The van der Waals surface area contributed by atoms with Crippen molar-refractivity contribution in [2.24, 2.45) is 5.41 Å². The summed E-state index contributed by atoms with van der Waals surface area (Å²) >= 11 is 0. The molecule has 2 aromatic heterocycles. The molecule has 0 atom stereocenters. The Labute approximate surface area is 226 Å². The number of ether oxygens (including phenoxy) is 2. The summed E-state index contributed by atoms with van der Waals surface area (Å²) < 4.78 is 12.1. The van der Waals surface area contributed by atoms with Crippen LogP contribution in [0.25, 0.3) is 22.5 Å². The van der Waals surface area contributed by atoms with E-state index in [1.807, 2.05) is 55.5 Å². The van der Waals surface area contributed by atoms with Gasteiger partial charge in [-0.1, -0.05) is 55.5 Å². The maximum atomic E-state index is 13.1. The van der Waals surface area contributed by atoms with Crippen LogP contribution in [0.15, 0.2) is 48.5 Å². The fourth-order valence-corrected chi connectivity index (χ4v) is 4.09. The first-order valence-electron chi connectivity index (χ1n) is 12.7. The molecule has 0 unspecified atom stereocenters. The molecule has 0 aliphatic rings. The number of rotatable bonds is 10. The molecular weight excluding hydrogens is 500 g/mol. The van der Waals surface area contributed by atoms with E-state index in [1.165, 1.54) is 0 Å². The first-order chi connectivity index (χ1) is 18.7. The Morgan fingerprint density at radius 2 is 1.74 bits per heavy atom. The molecule has 0 spiro atoms. The van der Waals surface area contributed by atoms with Gasteiger partial charge in [0.15, 0.2) is 11.5 Å². The zero-order valence-electron chi connectivity index (χ0n) is 22.5. The summed E-state index contributed by atoms with van der Waals surface area (Å²) in [6.45, 7) is 6.53. The van der Waals surface area contributed by atoms with Crippen LogP contribution in [0.2, 0.25) is 0 Å². The molecule has 0 bridgehead atoms. The SMILES string of the molecule is CCCc1nc(CO)c(C(=O)OCOC(=O)C(C)(C)C)n1Cc1ccc(-c2ccccc2-c2nnn[nH]2)cc1. The third-order valence-electron chi connectivity index (χ3n) is 6.06. The number of aliphatic hydroxyl groups excluding tert-OH is 1. The Balaban J connectivity index is 1.59. The summed E-state index contributed by atoms with van der Waals surface area (Å²) in [5.74, 6) is 0.0264. The van der Waals surface area contributed by atoms with E-state index >= 15 is 0 Å². The normalized spacial score (nSPS) is 11.4. The van der Waals surface area contributed by atoms with Crippen molar-refractivity contribution in [3.05, 3.63) is 71.3 Å². The number of aliphatic hydroxyl groups is 1. The molecule has 0 fully saturated rings. The molecule has 4 rings (SSSR count). The summed E-state index contributed by atoms with van der Waals surface area (Å²) in [6.07, 6.45) is 1.40. The largest absolute Gasteiger partial charge is 0.427 e. The number of hydrogen-bond acceptors (Lipinski definition) is 9. The van der Waals surface area contributed by atoms with Gasteiger partial charge in [-0.05, 0) is 54.3 Å². The van der Waals surface area contributed by atoms with Crippen LogP contribution in [0.5, 0.6) is 0 Å². The first kappa shape index (κ1) is 27.6. The van der Waals surface area contributed by atoms with Gasteiger partial charge in [-0.15, -0.1) is 5.10 Å². The lowest BCUT2D eigenvalue weighted by Crippen LogP contribution is -2.25. The molecule has 11 nitrogen and oxygen atoms in total. The molecule has 39 heavy (non-hydrogen) atoms. The monoisotopic (exact) mass is 532 g/mol. The predicted octanol–water partition coefficient (Wildman–Crippen LogP) is 3.93. The van der Waals surface area contributed by atoms with Crippen molar-refractivity contribution >= 4 is 11.9 Å². The average molecular weight is 533 g/mol. The number of imidazole rings is 1. The predicted molar refractivity (Wildman–Crippen MR) is 142 cm³/mol. The van der Waals surface area contributed by atoms with Gasteiger partial charge in [-0.3, -0.25) is 4.79 Å². The highest BCUT2D eigenvalue weighted by atomic mass is 16.7. The topological polar surface area (TPSA) is 145 Å². The second-order valence-corrected chi connectivity index (χ2v) is 10.0. The molecule has 2 aromatic carbocycles. The Kier molecular flexibility index (Phi) is 8.50. The molecule has 2 heterocycles. The molecule has 11 heteroatoms. The Hall–Kier alpha value is -4.38. The van der Waals surface area contributed by atoms with E-state index in [0.717, 1.165) is 28.7 Å². The summed E-state index contributed by atoms with van der Waals surface area (Å²) in [4.78, 5) is 29.6. The molecule has 0 aliphatic heterocycles. The van der Waals surface area contributed by atoms with Gasteiger partial charge < -0.3 is 19.1 Å². The van der Waals surface area contributed by atoms with E-state index in [9.17, 15) is 14.7 Å². The van der Waals surface area contributed by atoms with Crippen molar-refractivity contribution in [2.75, 3.05) is 6.79 Å². The molecule has 0 amide bonds. The molecule has 2 N–H and O–H groups in total. The third kappa shape index (κ3) is 6.37. The van der Waals surface area contributed by atoms with Crippen LogP contribution >= 0.6 is 0 Å². The van der Waals surface area contributed by atoms with E-state index in [-0.39, 0.29) is 11.4 Å². The molecular formula is C28H32N6O5. The number of tetrazole rings is 1. The van der Waals surface area contributed by atoms with Gasteiger partial charge >= 0.3 is 11.9 Å². The lowest BCUT2D eigenvalue weighted by atomic mass is 9.98. The molecule has 4 aromatic rings. The van der Waals surface area contributed by atoms with Crippen molar-refractivity contribution in [3.8, 4) is 22.5 Å². The van der Waals surface area contributed by atoms with Crippen LogP contribution < -0.4 is 0 Å². The standard InChI is InChI=1S/C28H32N6O5/c1-5-8-23-29-22(16-35)24(26(36)38-17-39-27(37)28(2,3)4)34(23)15-18-11-13-19(14-12-18)20-9-6-7-10-21(20)25-30-32-33-31-25/h6-7,9-14,35H,5,8,15-17H2,1-4H3,(H,30,31,32,33). The van der Waals surface area contributed by atoms with E-state index in [2.05, 4.69) is 25.6 Å². The number of aromatic nitrogens is 6. The van der Waals surface area contributed by atoms with Crippen LogP contribution in [0.4, 0.5) is 0 Å². The quantitative estimate of drug-likeness (QED) is 0.229. The van der Waals surface area contributed by atoms with Crippen LogP contribution in [0.3, 0.4) is 0 Å². The van der Waals surface area contributed by atoms with Crippen molar-refractivity contribution in [1.82, 2.24) is 30.2 Å². The smallest absolute Gasteiger partial charge is 0.359 e.